The molecule has 0 atom stereocenters. The van der Waals surface area contributed by atoms with E-state index in [1.807, 2.05) is 0 Å². The normalized spacial score (nSPS) is 15.8. The predicted octanol–water partition coefficient (Wildman–Crippen LogP) is 2.23. The molecule has 1 aliphatic heterocycles. The van der Waals surface area contributed by atoms with Crippen molar-refractivity contribution in [3.8, 4) is 6.07 Å². The van der Waals surface area contributed by atoms with Crippen LogP contribution in [-0.4, -0.2) is 26.2 Å². The summed E-state index contributed by atoms with van der Waals surface area (Å²) < 4.78 is 32.2. The van der Waals surface area contributed by atoms with Gasteiger partial charge in [0.25, 0.3) is 0 Å². The fourth-order valence-corrected chi connectivity index (χ4v) is 2.39. The molecule has 1 aromatic rings. The van der Waals surface area contributed by atoms with Crippen LogP contribution in [0.15, 0.2) is 12.1 Å². The predicted molar refractivity (Wildman–Crippen MR) is 68.0 cm³/mol. The zero-order valence-electron chi connectivity index (χ0n) is 11.0. The highest BCUT2D eigenvalue weighted by Crippen LogP contribution is 2.28. The van der Waals surface area contributed by atoms with E-state index >= 15 is 0 Å². The molecule has 0 aromatic heterocycles. The van der Waals surface area contributed by atoms with Crippen LogP contribution in [0.4, 0.5) is 14.5 Å². The second-order valence-corrected chi connectivity index (χ2v) is 4.66. The van der Waals surface area contributed by atoms with Gasteiger partial charge in [0.2, 0.25) is 0 Å². The zero-order chi connectivity index (χ0) is 14.7. The van der Waals surface area contributed by atoms with Gasteiger partial charge in [0.1, 0.15) is 6.07 Å². The molecule has 20 heavy (non-hydrogen) atoms. The molecule has 6 heteroatoms. The molecule has 1 aliphatic rings. The van der Waals surface area contributed by atoms with Crippen LogP contribution in [0.5, 0.6) is 0 Å². The van der Waals surface area contributed by atoms with Gasteiger partial charge in [-0.05, 0) is 25.0 Å². The summed E-state index contributed by atoms with van der Waals surface area (Å²) in [5.74, 6) is -2.60. The summed E-state index contributed by atoms with van der Waals surface area (Å²) in [6.45, 7) is 0.893. The lowest BCUT2D eigenvalue weighted by molar-refractivity contribution is -0.146. The van der Waals surface area contributed by atoms with Gasteiger partial charge in [0, 0.05) is 13.1 Å². The quantitative estimate of drug-likeness (QED) is 0.779. The topological polar surface area (TPSA) is 53.3 Å². The second kappa shape index (κ2) is 5.87. The number of nitriles is 1. The Morgan fingerprint density at radius 2 is 2.00 bits per heavy atom. The Morgan fingerprint density at radius 1 is 1.35 bits per heavy atom. The molecular weight excluding hydrogens is 266 g/mol. The van der Waals surface area contributed by atoms with Crippen LogP contribution in [0.1, 0.15) is 18.4 Å². The third kappa shape index (κ3) is 2.57. The number of halogens is 2. The maximum absolute atomic E-state index is 13.9. The standard InChI is InChI=1S/C14H14F2N2O2/c1-20-14(19)9-4-6-18(7-5-9)11-3-2-10(8-17)12(15)13(11)16/h2-3,9H,4-7H2,1H3. The lowest BCUT2D eigenvalue weighted by Crippen LogP contribution is -2.37. The fraction of sp³-hybridized carbons (Fsp3) is 0.429. The Hall–Kier alpha value is -2.16. The number of carbonyl (C=O) groups is 1. The molecule has 0 amide bonds. The third-order valence-corrected chi connectivity index (χ3v) is 3.55. The van der Waals surface area contributed by atoms with Crippen LogP contribution in [0.25, 0.3) is 0 Å². The van der Waals surface area contributed by atoms with Crippen molar-refractivity contribution in [3.63, 3.8) is 0 Å². The van der Waals surface area contributed by atoms with Crippen LogP contribution < -0.4 is 4.90 Å². The zero-order valence-corrected chi connectivity index (χ0v) is 11.0. The van der Waals surface area contributed by atoms with Gasteiger partial charge < -0.3 is 9.64 Å². The van der Waals surface area contributed by atoms with Gasteiger partial charge in [-0.3, -0.25) is 4.79 Å². The molecule has 0 saturated carbocycles. The van der Waals surface area contributed by atoms with Gasteiger partial charge in [-0.2, -0.15) is 5.26 Å². The molecule has 0 N–H and O–H groups in total. The number of anilines is 1. The van der Waals surface area contributed by atoms with Gasteiger partial charge >= 0.3 is 5.97 Å². The summed E-state index contributed by atoms with van der Waals surface area (Å²) >= 11 is 0. The third-order valence-electron chi connectivity index (χ3n) is 3.55. The number of esters is 1. The summed E-state index contributed by atoms with van der Waals surface area (Å²) in [7, 11) is 1.34. The Kier molecular flexibility index (Phi) is 4.18. The van der Waals surface area contributed by atoms with Crippen LogP contribution in [0, 0.1) is 28.9 Å². The number of piperidine rings is 1. The largest absolute Gasteiger partial charge is 0.469 e. The molecule has 1 saturated heterocycles. The maximum Gasteiger partial charge on any atom is 0.308 e. The molecule has 1 heterocycles. The number of nitrogens with zero attached hydrogens (tertiary/aromatic N) is 2. The highest BCUT2D eigenvalue weighted by molar-refractivity contribution is 5.72. The number of hydrogen-bond donors (Lipinski definition) is 0. The van der Waals surface area contributed by atoms with E-state index in [0.717, 1.165) is 0 Å². The van der Waals surface area contributed by atoms with Crippen molar-refractivity contribution in [1.82, 2.24) is 0 Å². The molecule has 0 spiro atoms. The Labute approximate surface area is 115 Å². The van der Waals surface area contributed by atoms with Crippen LogP contribution >= 0.6 is 0 Å². The Bertz CT molecular complexity index is 561. The summed E-state index contributed by atoms with van der Waals surface area (Å²) in [5, 5.41) is 8.65. The first kappa shape index (κ1) is 14.3. The maximum atomic E-state index is 13.9. The van der Waals surface area contributed by atoms with Gasteiger partial charge in [0.15, 0.2) is 11.6 Å². The minimum absolute atomic E-state index is 0.129. The number of methoxy groups -OCH3 is 1. The minimum atomic E-state index is -1.12. The molecule has 0 radical (unpaired) electrons. The van der Waals surface area contributed by atoms with Crippen molar-refractivity contribution >= 4 is 11.7 Å². The number of carbonyl (C=O) groups excluding carboxylic acids is 1. The number of benzene rings is 1. The van der Waals surface area contributed by atoms with Crippen molar-refractivity contribution in [2.75, 3.05) is 25.1 Å². The molecule has 0 unspecified atom stereocenters. The summed E-state index contributed by atoms with van der Waals surface area (Å²) in [6.07, 6.45) is 1.07. The molecule has 4 nitrogen and oxygen atoms in total. The van der Waals surface area contributed by atoms with Crippen molar-refractivity contribution < 1.29 is 18.3 Å². The molecule has 106 valence electrons. The minimum Gasteiger partial charge on any atom is -0.469 e. The van der Waals surface area contributed by atoms with Crippen LogP contribution in [-0.2, 0) is 9.53 Å². The van der Waals surface area contributed by atoms with E-state index in [9.17, 15) is 13.6 Å². The van der Waals surface area contributed by atoms with Crippen molar-refractivity contribution in [2.24, 2.45) is 5.92 Å². The van der Waals surface area contributed by atoms with Gasteiger partial charge in [-0.25, -0.2) is 8.78 Å². The molecule has 0 bridgehead atoms. The first-order chi connectivity index (χ1) is 9.58. The van der Waals surface area contributed by atoms with E-state index in [1.165, 1.54) is 19.2 Å². The van der Waals surface area contributed by atoms with E-state index in [4.69, 9.17) is 5.26 Å². The molecule has 0 aliphatic carbocycles. The fourth-order valence-electron chi connectivity index (χ4n) is 2.39. The summed E-state index contributed by atoms with van der Waals surface area (Å²) in [5.41, 5.74) is -0.180. The highest BCUT2D eigenvalue weighted by atomic mass is 19.2. The van der Waals surface area contributed by atoms with Crippen molar-refractivity contribution in [3.05, 3.63) is 29.3 Å². The summed E-state index contributed by atoms with van der Waals surface area (Å²) in [4.78, 5) is 13.1. The van der Waals surface area contributed by atoms with E-state index in [0.29, 0.717) is 25.9 Å². The average Bonchev–Trinajstić information content (AvgIpc) is 2.49. The highest BCUT2D eigenvalue weighted by Gasteiger charge is 2.27. The van der Waals surface area contributed by atoms with E-state index in [2.05, 4.69) is 4.74 Å². The van der Waals surface area contributed by atoms with Gasteiger partial charge in [0.05, 0.1) is 24.3 Å². The van der Waals surface area contributed by atoms with Gasteiger partial charge in [-0.15, -0.1) is 0 Å². The van der Waals surface area contributed by atoms with Crippen LogP contribution in [0.3, 0.4) is 0 Å². The van der Waals surface area contributed by atoms with Gasteiger partial charge in [-0.1, -0.05) is 0 Å². The number of ether oxygens (including phenoxy) is 1. The average molecular weight is 280 g/mol. The first-order valence-electron chi connectivity index (χ1n) is 6.29. The smallest absolute Gasteiger partial charge is 0.308 e. The lowest BCUT2D eigenvalue weighted by Gasteiger charge is -2.32. The van der Waals surface area contributed by atoms with E-state index < -0.39 is 11.6 Å². The van der Waals surface area contributed by atoms with E-state index in [1.54, 1.807) is 11.0 Å². The first-order valence-corrected chi connectivity index (χ1v) is 6.29. The van der Waals surface area contributed by atoms with Crippen molar-refractivity contribution in [2.45, 2.75) is 12.8 Å². The number of hydrogen-bond acceptors (Lipinski definition) is 4. The Morgan fingerprint density at radius 3 is 2.55 bits per heavy atom. The molecule has 1 fully saturated rings. The lowest BCUT2D eigenvalue weighted by atomic mass is 9.96. The van der Waals surface area contributed by atoms with Crippen molar-refractivity contribution in [1.29, 1.82) is 5.26 Å². The molecule has 2 rings (SSSR count). The SMILES string of the molecule is COC(=O)C1CCN(c2ccc(C#N)c(F)c2F)CC1. The monoisotopic (exact) mass is 280 g/mol. The molecular formula is C14H14F2N2O2. The molecule has 1 aromatic carbocycles. The van der Waals surface area contributed by atoms with Crippen LogP contribution in [0.2, 0.25) is 0 Å². The second-order valence-electron chi connectivity index (χ2n) is 4.66. The number of rotatable bonds is 2. The summed E-state index contributed by atoms with van der Waals surface area (Å²) in [6, 6.07) is 4.26. The Balaban J connectivity index is 2.14. The van der Waals surface area contributed by atoms with E-state index in [-0.39, 0.29) is 23.1 Å².